The van der Waals surface area contributed by atoms with Gasteiger partial charge in [-0.3, -0.25) is 0 Å². The number of pyridine rings is 1. The van der Waals surface area contributed by atoms with E-state index in [-0.39, 0.29) is 16.8 Å². The number of rotatable bonds is 4. The van der Waals surface area contributed by atoms with Crippen LogP contribution in [0, 0.1) is 0 Å². The molecule has 0 radical (unpaired) electrons. The molecule has 1 aromatic rings. The van der Waals surface area contributed by atoms with Crippen molar-refractivity contribution < 1.29 is 8.42 Å². The van der Waals surface area contributed by atoms with Crippen molar-refractivity contribution in [3.63, 3.8) is 0 Å². The van der Waals surface area contributed by atoms with Gasteiger partial charge in [0.1, 0.15) is 10.7 Å². The van der Waals surface area contributed by atoms with E-state index in [9.17, 15) is 8.42 Å². The Morgan fingerprint density at radius 1 is 1.37 bits per heavy atom. The number of hydrogen-bond donors (Lipinski definition) is 2. The highest BCUT2D eigenvalue weighted by atomic mass is 32.2. The van der Waals surface area contributed by atoms with E-state index in [0.717, 1.165) is 25.7 Å². The second-order valence-electron chi connectivity index (χ2n) is 4.72. The van der Waals surface area contributed by atoms with Gasteiger partial charge in [-0.15, -0.1) is 0 Å². The summed E-state index contributed by atoms with van der Waals surface area (Å²) in [5.41, 5.74) is 5.62. The summed E-state index contributed by atoms with van der Waals surface area (Å²) >= 11 is 1.86. The molecule has 1 aliphatic rings. The highest BCUT2D eigenvalue weighted by Crippen LogP contribution is 2.28. The van der Waals surface area contributed by atoms with E-state index in [1.54, 1.807) is 6.07 Å². The third-order valence-corrected chi connectivity index (χ3v) is 6.12. The van der Waals surface area contributed by atoms with Crippen molar-refractivity contribution in [2.45, 2.75) is 41.9 Å². The lowest BCUT2D eigenvalue weighted by molar-refractivity contribution is 0.420. The van der Waals surface area contributed by atoms with E-state index in [4.69, 9.17) is 5.73 Å². The molecule has 5 nitrogen and oxygen atoms in total. The second kappa shape index (κ2) is 6.11. The Morgan fingerprint density at radius 2 is 2.05 bits per heavy atom. The van der Waals surface area contributed by atoms with E-state index in [1.807, 2.05) is 11.8 Å². The van der Waals surface area contributed by atoms with E-state index < -0.39 is 10.0 Å². The highest BCUT2D eigenvalue weighted by molar-refractivity contribution is 7.99. The van der Waals surface area contributed by atoms with Gasteiger partial charge >= 0.3 is 0 Å². The smallest absolute Gasteiger partial charge is 0.244 e. The van der Waals surface area contributed by atoms with Crippen molar-refractivity contribution in [3.8, 4) is 0 Å². The number of aromatic nitrogens is 1. The molecule has 0 bridgehead atoms. The minimum absolute atomic E-state index is 0.00741. The number of nitrogens with two attached hydrogens (primary N) is 1. The zero-order chi connectivity index (χ0) is 13.9. The van der Waals surface area contributed by atoms with Crippen LogP contribution in [0.4, 0.5) is 5.82 Å². The van der Waals surface area contributed by atoms with Crippen molar-refractivity contribution in [2.24, 2.45) is 0 Å². The van der Waals surface area contributed by atoms with Crippen molar-refractivity contribution in [2.75, 3.05) is 12.0 Å². The quantitative estimate of drug-likeness (QED) is 0.882. The zero-order valence-corrected chi connectivity index (χ0v) is 12.5. The number of nitrogens with zero attached hydrogens (tertiary/aromatic N) is 1. The maximum absolute atomic E-state index is 12.2. The van der Waals surface area contributed by atoms with Crippen molar-refractivity contribution in [1.82, 2.24) is 9.71 Å². The first kappa shape index (κ1) is 14.6. The van der Waals surface area contributed by atoms with Gasteiger partial charge in [-0.1, -0.05) is 0 Å². The molecule has 0 saturated heterocycles. The van der Waals surface area contributed by atoms with Crippen LogP contribution in [0.3, 0.4) is 0 Å². The number of hydrogen-bond acceptors (Lipinski definition) is 5. The van der Waals surface area contributed by atoms with Crippen LogP contribution in [0.5, 0.6) is 0 Å². The topological polar surface area (TPSA) is 85.1 Å². The Hall–Kier alpha value is -0.790. The minimum Gasteiger partial charge on any atom is -0.383 e. The lowest BCUT2D eigenvalue weighted by atomic mass is 9.96. The maximum Gasteiger partial charge on any atom is 0.244 e. The lowest BCUT2D eigenvalue weighted by Gasteiger charge is -2.27. The molecule has 1 saturated carbocycles. The summed E-state index contributed by atoms with van der Waals surface area (Å²) in [7, 11) is -3.56. The van der Waals surface area contributed by atoms with Crippen molar-refractivity contribution in [3.05, 3.63) is 18.3 Å². The minimum atomic E-state index is -3.56. The van der Waals surface area contributed by atoms with Crippen LogP contribution in [0.2, 0.25) is 0 Å². The predicted molar refractivity (Wildman–Crippen MR) is 78.5 cm³/mol. The van der Waals surface area contributed by atoms with Crippen molar-refractivity contribution in [1.29, 1.82) is 0 Å². The summed E-state index contributed by atoms with van der Waals surface area (Å²) in [6.07, 6.45) is 7.45. The summed E-state index contributed by atoms with van der Waals surface area (Å²) in [4.78, 5) is 3.89. The summed E-state index contributed by atoms with van der Waals surface area (Å²) in [5, 5.41) is 0.657. The molecule has 1 aliphatic carbocycles. The largest absolute Gasteiger partial charge is 0.383 e. The Balaban J connectivity index is 2.05. The second-order valence-corrected chi connectivity index (χ2v) is 7.54. The molecule has 2 rings (SSSR count). The van der Waals surface area contributed by atoms with Crippen LogP contribution in [-0.4, -0.2) is 30.9 Å². The molecule has 19 heavy (non-hydrogen) atoms. The monoisotopic (exact) mass is 301 g/mol. The molecule has 0 unspecified atom stereocenters. The molecule has 1 aromatic heterocycles. The van der Waals surface area contributed by atoms with Gasteiger partial charge in [0, 0.05) is 17.5 Å². The van der Waals surface area contributed by atoms with Gasteiger partial charge < -0.3 is 5.73 Å². The first-order valence-corrected chi connectivity index (χ1v) is 9.05. The third kappa shape index (κ3) is 3.61. The standard InChI is InChI=1S/C12H19N3O2S2/c1-18-10-6-4-9(5-7-10)15-19(16,17)11-3-2-8-14-12(11)13/h2-3,8-10,15H,4-7H2,1H3,(H2,13,14). The van der Waals surface area contributed by atoms with Crippen LogP contribution in [0.25, 0.3) is 0 Å². The molecular weight excluding hydrogens is 282 g/mol. The summed E-state index contributed by atoms with van der Waals surface area (Å²) < 4.78 is 27.2. The van der Waals surface area contributed by atoms with Crippen LogP contribution < -0.4 is 10.5 Å². The van der Waals surface area contributed by atoms with E-state index in [1.165, 1.54) is 12.3 Å². The molecular formula is C12H19N3O2S2. The lowest BCUT2D eigenvalue weighted by Crippen LogP contribution is -2.38. The predicted octanol–water partition coefficient (Wildman–Crippen LogP) is 1.62. The van der Waals surface area contributed by atoms with Crippen LogP contribution >= 0.6 is 11.8 Å². The number of sulfonamides is 1. The normalized spacial score (nSPS) is 24.3. The Labute approximate surface area is 118 Å². The zero-order valence-electron chi connectivity index (χ0n) is 10.9. The molecule has 0 amide bonds. The van der Waals surface area contributed by atoms with Gasteiger partial charge in [0.25, 0.3) is 0 Å². The Bertz CT molecular complexity index is 526. The Kier molecular flexibility index (Phi) is 4.70. The first-order chi connectivity index (χ1) is 9.03. The van der Waals surface area contributed by atoms with E-state index in [0.29, 0.717) is 5.25 Å². The molecule has 7 heteroatoms. The van der Waals surface area contributed by atoms with Crippen LogP contribution in [0.15, 0.2) is 23.2 Å². The van der Waals surface area contributed by atoms with Gasteiger partial charge in [-0.25, -0.2) is 18.1 Å². The molecule has 0 aliphatic heterocycles. The molecule has 1 fully saturated rings. The molecule has 0 spiro atoms. The maximum atomic E-state index is 12.2. The molecule has 0 aromatic carbocycles. The highest BCUT2D eigenvalue weighted by Gasteiger charge is 2.26. The summed E-state index contributed by atoms with van der Waals surface area (Å²) in [6, 6.07) is 3.07. The Morgan fingerprint density at radius 3 is 2.63 bits per heavy atom. The van der Waals surface area contributed by atoms with Gasteiger partial charge in [0.15, 0.2) is 0 Å². The molecule has 1 heterocycles. The first-order valence-electron chi connectivity index (χ1n) is 6.28. The third-order valence-electron chi connectivity index (χ3n) is 3.42. The van der Waals surface area contributed by atoms with Gasteiger partial charge in [0.2, 0.25) is 10.0 Å². The average Bonchev–Trinajstić information content (AvgIpc) is 2.39. The fourth-order valence-electron chi connectivity index (χ4n) is 2.33. The van der Waals surface area contributed by atoms with Gasteiger partial charge in [-0.2, -0.15) is 11.8 Å². The molecule has 3 N–H and O–H groups in total. The molecule has 106 valence electrons. The number of anilines is 1. The summed E-state index contributed by atoms with van der Waals surface area (Å²) in [5.74, 6) is 0.0489. The van der Waals surface area contributed by atoms with Crippen LogP contribution in [0.1, 0.15) is 25.7 Å². The van der Waals surface area contributed by atoms with Crippen LogP contribution in [-0.2, 0) is 10.0 Å². The molecule has 0 atom stereocenters. The van der Waals surface area contributed by atoms with Crippen molar-refractivity contribution >= 4 is 27.6 Å². The SMILES string of the molecule is CSC1CCC(NS(=O)(=O)c2cccnc2N)CC1. The van der Waals surface area contributed by atoms with E-state index in [2.05, 4.69) is 16.0 Å². The fourth-order valence-corrected chi connectivity index (χ4v) is 4.46. The number of nitrogens with one attached hydrogen (secondary N) is 1. The number of nitrogen functional groups attached to an aromatic ring is 1. The van der Waals surface area contributed by atoms with E-state index >= 15 is 0 Å². The summed E-state index contributed by atoms with van der Waals surface area (Å²) in [6.45, 7) is 0. The number of thioether (sulfide) groups is 1. The average molecular weight is 301 g/mol. The fraction of sp³-hybridized carbons (Fsp3) is 0.583. The van der Waals surface area contributed by atoms with Gasteiger partial charge in [0.05, 0.1) is 0 Å². The van der Waals surface area contributed by atoms with Gasteiger partial charge in [-0.05, 0) is 44.1 Å².